The van der Waals surface area contributed by atoms with Crippen molar-refractivity contribution in [3.8, 4) is 5.75 Å². The lowest BCUT2D eigenvalue weighted by molar-refractivity contribution is 0.474. The van der Waals surface area contributed by atoms with E-state index in [-0.39, 0.29) is 11.8 Å². The Morgan fingerprint density at radius 2 is 2.25 bits per heavy atom. The summed E-state index contributed by atoms with van der Waals surface area (Å²) in [5.74, 6) is 0.213. The summed E-state index contributed by atoms with van der Waals surface area (Å²) in [6, 6.07) is 4.74. The van der Waals surface area contributed by atoms with Crippen LogP contribution in [0.5, 0.6) is 5.75 Å². The van der Waals surface area contributed by atoms with Crippen LogP contribution in [0.3, 0.4) is 0 Å². The zero-order chi connectivity index (χ0) is 9.14. The molecule has 0 radical (unpaired) electrons. The Labute approximate surface area is 79.8 Å². The van der Waals surface area contributed by atoms with Crippen molar-refractivity contribution in [1.29, 1.82) is 0 Å². The molecule has 1 rings (SSSR count). The van der Waals surface area contributed by atoms with Gasteiger partial charge < -0.3 is 10.8 Å². The molecule has 12 heavy (non-hydrogen) atoms. The zero-order valence-electron chi connectivity index (χ0n) is 6.50. The van der Waals surface area contributed by atoms with Crippen molar-refractivity contribution in [2.45, 2.75) is 6.04 Å². The maximum absolute atomic E-state index is 9.17. The lowest BCUT2D eigenvalue weighted by atomic mass is 10.1. The van der Waals surface area contributed by atoms with E-state index in [1.165, 1.54) is 0 Å². The standard InChI is InChI=1S/C9H10BrNO/c1-2-9(11)7-5-6(12)3-4-8(7)10/h2-5,9,12H,1,11H2/t9-/m1/s1. The van der Waals surface area contributed by atoms with Gasteiger partial charge in [0.2, 0.25) is 0 Å². The summed E-state index contributed by atoms with van der Waals surface area (Å²) in [7, 11) is 0. The SMILES string of the molecule is C=C[C@@H](N)c1cc(O)ccc1Br. The van der Waals surface area contributed by atoms with Crippen molar-refractivity contribution in [3.05, 3.63) is 40.9 Å². The van der Waals surface area contributed by atoms with Crippen LogP contribution < -0.4 is 5.73 Å². The number of hydrogen-bond donors (Lipinski definition) is 2. The van der Waals surface area contributed by atoms with Gasteiger partial charge in [0.05, 0.1) is 0 Å². The Balaban J connectivity index is 3.12. The third-order valence-corrected chi connectivity index (χ3v) is 2.31. The van der Waals surface area contributed by atoms with E-state index in [0.717, 1.165) is 10.0 Å². The maximum atomic E-state index is 9.17. The summed E-state index contributed by atoms with van der Waals surface area (Å²) in [6.07, 6.45) is 1.62. The largest absolute Gasteiger partial charge is 0.508 e. The predicted octanol–water partition coefficient (Wildman–Crippen LogP) is 2.34. The highest BCUT2D eigenvalue weighted by atomic mass is 79.9. The summed E-state index contributed by atoms with van der Waals surface area (Å²) in [4.78, 5) is 0. The fraction of sp³-hybridized carbons (Fsp3) is 0.111. The Kier molecular flexibility index (Phi) is 2.89. The van der Waals surface area contributed by atoms with Crippen LogP contribution in [0.15, 0.2) is 35.3 Å². The van der Waals surface area contributed by atoms with Crippen LogP contribution in [0.25, 0.3) is 0 Å². The Morgan fingerprint density at radius 3 is 2.83 bits per heavy atom. The first-order valence-electron chi connectivity index (χ1n) is 3.51. The molecule has 3 heteroatoms. The second-order valence-corrected chi connectivity index (χ2v) is 3.32. The molecule has 0 aliphatic carbocycles. The van der Waals surface area contributed by atoms with Crippen LogP contribution >= 0.6 is 15.9 Å². The monoisotopic (exact) mass is 227 g/mol. The van der Waals surface area contributed by atoms with E-state index in [0.29, 0.717) is 0 Å². The van der Waals surface area contributed by atoms with Gasteiger partial charge in [-0.05, 0) is 23.8 Å². The number of aromatic hydroxyl groups is 1. The lowest BCUT2D eigenvalue weighted by Gasteiger charge is -2.08. The highest BCUT2D eigenvalue weighted by Crippen LogP contribution is 2.26. The molecule has 0 bridgehead atoms. The summed E-state index contributed by atoms with van der Waals surface area (Å²) < 4.78 is 0.882. The lowest BCUT2D eigenvalue weighted by Crippen LogP contribution is -2.06. The number of phenols is 1. The minimum Gasteiger partial charge on any atom is -0.508 e. The van der Waals surface area contributed by atoms with Crippen LogP contribution in [0.1, 0.15) is 11.6 Å². The fourth-order valence-electron chi connectivity index (χ4n) is 0.914. The smallest absolute Gasteiger partial charge is 0.116 e. The molecule has 1 aromatic rings. The van der Waals surface area contributed by atoms with E-state index >= 15 is 0 Å². The van der Waals surface area contributed by atoms with Gasteiger partial charge >= 0.3 is 0 Å². The average Bonchev–Trinajstić information content (AvgIpc) is 2.08. The van der Waals surface area contributed by atoms with Gasteiger partial charge in [-0.1, -0.05) is 22.0 Å². The van der Waals surface area contributed by atoms with Crippen molar-refractivity contribution in [3.63, 3.8) is 0 Å². The summed E-state index contributed by atoms with van der Waals surface area (Å²) >= 11 is 3.33. The van der Waals surface area contributed by atoms with E-state index in [9.17, 15) is 5.11 Å². The van der Waals surface area contributed by atoms with Crippen LogP contribution in [0, 0.1) is 0 Å². The highest BCUT2D eigenvalue weighted by Gasteiger charge is 2.06. The molecule has 0 amide bonds. The van der Waals surface area contributed by atoms with Gasteiger partial charge in [-0.15, -0.1) is 6.58 Å². The van der Waals surface area contributed by atoms with E-state index < -0.39 is 0 Å². The van der Waals surface area contributed by atoms with E-state index in [1.807, 2.05) is 0 Å². The average molecular weight is 228 g/mol. The normalized spacial score (nSPS) is 12.5. The Morgan fingerprint density at radius 1 is 1.58 bits per heavy atom. The molecule has 0 unspecified atom stereocenters. The molecule has 0 aliphatic rings. The number of halogens is 1. The molecule has 1 atom stereocenters. The molecule has 0 aromatic heterocycles. The van der Waals surface area contributed by atoms with Gasteiger partial charge in [0.25, 0.3) is 0 Å². The first kappa shape index (κ1) is 9.29. The molecule has 0 saturated heterocycles. The first-order valence-corrected chi connectivity index (χ1v) is 4.31. The topological polar surface area (TPSA) is 46.2 Å². The molecule has 3 N–H and O–H groups in total. The summed E-state index contributed by atoms with van der Waals surface area (Å²) in [5, 5.41) is 9.17. The minimum atomic E-state index is -0.244. The van der Waals surface area contributed by atoms with E-state index in [4.69, 9.17) is 5.73 Å². The molecule has 0 fully saturated rings. The van der Waals surface area contributed by atoms with Gasteiger partial charge in [0, 0.05) is 10.5 Å². The second kappa shape index (κ2) is 3.74. The third-order valence-electron chi connectivity index (χ3n) is 1.59. The Hall–Kier alpha value is -0.800. The van der Waals surface area contributed by atoms with Crippen LogP contribution in [0.2, 0.25) is 0 Å². The fourth-order valence-corrected chi connectivity index (χ4v) is 1.42. The molecule has 64 valence electrons. The molecule has 1 aromatic carbocycles. The van der Waals surface area contributed by atoms with Crippen molar-refractivity contribution in [2.75, 3.05) is 0 Å². The summed E-state index contributed by atoms with van der Waals surface area (Å²) in [6.45, 7) is 3.58. The molecular weight excluding hydrogens is 218 g/mol. The third kappa shape index (κ3) is 1.87. The molecule has 0 aliphatic heterocycles. The van der Waals surface area contributed by atoms with Crippen LogP contribution in [0.4, 0.5) is 0 Å². The maximum Gasteiger partial charge on any atom is 0.116 e. The van der Waals surface area contributed by atoms with E-state index in [1.54, 1.807) is 24.3 Å². The second-order valence-electron chi connectivity index (χ2n) is 2.47. The van der Waals surface area contributed by atoms with Gasteiger partial charge in [-0.3, -0.25) is 0 Å². The van der Waals surface area contributed by atoms with Gasteiger partial charge in [0.15, 0.2) is 0 Å². The number of nitrogens with two attached hydrogens (primary N) is 1. The number of hydrogen-bond acceptors (Lipinski definition) is 2. The van der Waals surface area contributed by atoms with Gasteiger partial charge in [0.1, 0.15) is 5.75 Å². The van der Waals surface area contributed by atoms with E-state index in [2.05, 4.69) is 22.5 Å². The summed E-state index contributed by atoms with van der Waals surface area (Å²) in [5.41, 5.74) is 6.54. The number of rotatable bonds is 2. The predicted molar refractivity (Wildman–Crippen MR) is 52.9 cm³/mol. The number of benzene rings is 1. The van der Waals surface area contributed by atoms with Gasteiger partial charge in [-0.25, -0.2) is 0 Å². The minimum absolute atomic E-state index is 0.213. The molecule has 0 spiro atoms. The molecule has 0 heterocycles. The molecular formula is C9H10BrNO. The van der Waals surface area contributed by atoms with Crippen LogP contribution in [-0.2, 0) is 0 Å². The first-order chi connectivity index (χ1) is 5.65. The molecule has 0 saturated carbocycles. The van der Waals surface area contributed by atoms with Crippen molar-refractivity contribution < 1.29 is 5.11 Å². The zero-order valence-corrected chi connectivity index (χ0v) is 8.08. The van der Waals surface area contributed by atoms with Crippen molar-refractivity contribution in [2.24, 2.45) is 5.73 Å². The van der Waals surface area contributed by atoms with Gasteiger partial charge in [-0.2, -0.15) is 0 Å². The van der Waals surface area contributed by atoms with Crippen molar-refractivity contribution in [1.82, 2.24) is 0 Å². The molecule has 2 nitrogen and oxygen atoms in total. The van der Waals surface area contributed by atoms with Crippen LogP contribution in [-0.4, -0.2) is 5.11 Å². The quantitative estimate of drug-likeness (QED) is 0.763. The Bertz CT molecular complexity index is 299. The van der Waals surface area contributed by atoms with Crippen molar-refractivity contribution >= 4 is 15.9 Å². The highest BCUT2D eigenvalue weighted by molar-refractivity contribution is 9.10. The number of phenolic OH excluding ortho intramolecular Hbond substituents is 1.